The number of hydrogen-bond acceptors (Lipinski definition) is 5. The molecule has 4 atom stereocenters. The van der Waals surface area contributed by atoms with Gasteiger partial charge in [0.2, 0.25) is 0 Å². The summed E-state index contributed by atoms with van der Waals surface area (Å²) in [6.45, 7) is 0.182. The fourth-order valence-corrected chi connectivity index (χ4v) is 6.48. The van der Waals surface area contributed by atoms with E-state index in [-0.39, 0.29) is 36.5 Å². The van der Waals surface area contributed by atoms with E-state index in [1.807, 2.05) is 5.32 Å². The van der Waals surface area contributed by atoms with Crippen molar-refractivity contribution in [3.05, 3.63) is 29.6 Å². The normalized spacial score (nSPS) is 31.2. The molecule has 1 unspecified atom stereocenters. The predicted molar refractivity (Wildman–Crippen MR) is 99.9 cm³/mol. The second kappa shape index (κ2) is 6.78. The van der Waals surface area contributed by atoms with Crippen molar-refractivity contribution in [3.63, 3.8) is 0 Å². The summed E-state index contributed by atoms with van der Waals surface area (Å²) in [5.74, 6) is -4.80. The van der Waals surface area contributed by atoms with E-state index in [1.54, 1.807) is 12.1 Å². The van der Waals surface area contributed by atoms with Gasteiger partial charge in [0.25, 0.3) is 5.91 Å². The van der Waals surface area contributed by atoms with Gasteiger partial charge in [0.05, 0.1) is 18.8 Å². The Hall–Kier alpha value is -1.98. The number of benzene rings is 1. The van der Waals surface area contributed by atoms with Gasteiger partial charge in [-0.05, 0) is 35.4 Å². The van der Waals surface area contributed by atoms with Crippen LogP contribution >= 0.6 is 10.6 Å². The predicted octanol–water partition coefficient (Wildman–Crippen LogP) is 3.02. The van der Waals surface area contributed by atoms with E-state index in [0.29, 0.717) is 24.0 Å². The third-order valence-corrected chi connectivity index (χ3v) is 7.51. The monoisotopic (exact) mass is 434 g/mol. The number of nitrogens with one attached hydrogen (secondary N) is 1. The van der Waals surface area contributed by atoms with Crippen LogP contribution in [0.5, 0.6) is 0 Å². The van der Waals surface area contributed by atoms with Gasteiger partial charge in [0, 0.05) is 18.4 Å². The fourth-order valence-electron chi connectivity index (χ4n) is 4.20. The number of alkyl halides is 2. The topological polar surface area (TPSA) is 99.1 Å². The number of ether oxygens (including phenoxy) is 1. The van der Waals surface area contributed by atoms with Crippen molar-refractivity contribution in [2.45, 2.75) is 24.9 Å². The maximum absolute atomic E-state index is 14.7. The first kappa shape index (κ1) is 20.3. The van der Waals surface area contributed by atoms with Crippen molar-refractivity contribution >= 4 is 28.3 Å². The molecule has 11 heteroatoms. The van der Waals surface area contributed by atoms with Gasteiger partial charge < -0.3 is 10.1 Å². The molecule has 2 amide bonds. The molecule has 2 heterocycles. The number of fused-ring (bicyclic) bond motifs is 1. The molecular weight excluding hydrogens is 413 g/mol. The Bertz CT molecular complexity index is 848. The first-order valence-electron chi connectivity index (χ1n) is 9.13. The number of halogens is 3. The number of anilines is 1. The van der Waals surface area contributed by atoms with Crippen LogP contribution in [0.4, 0.5) is 23.7 Å². The maximum Gasteiger partial charge on any atom is 0.414 e. The number of carbonyl (C=O) groups excluding carboxylic acids is 2. The van der Waals surface area contributed by atoms with E-state index in [9.17, 15) is 31.9 Å². The zero-order chi connectivity index (χ0) is 21.1. The van der Waals surface area contributed by atoms with Gasteiger partial charge in [-0.15, -0.1) is 0 Å². The highest BCUT2D eigenvalue weighted by Crippen LogP contribution is 2.69. The summed E-state index contributed by atoms with van der Waals surface area (Å²) in [4.78, 5) is 24.5. The molecule has 0 radical (unpaired) electrons. The van der Waals surface area contributed by atoms with E-state index >= 15 is 0 Å². The lowest BCUT2D eigenvalue weighted by atomic mass is 10.1. The third-order valence-electron chi connectivity index (χ3n) is 5.67. The van der Waals surface area contributed by atoms with Crippen molar-refractivity contribution in [2.75, 3.05) is 29.5 Å². The number of rotatable bonds is 5. The van der Waals surface area contributed by atoms with Gasteiger partial charge in [-0.3, -0.25) is 18.8 Å². The molecule has 1 saturated carbocycles. The Morgan fingerprint density at radius 1 is 1.34 bits per heavy atom. The van der Waals surface area contributed by atoms with E-state index in [0.717, 1.165) is 0 Å². The van der Waals surface area contributed by atoms with Crippen molar-refractivity contribution in [3.8, 4) is 0 Å². The summed E-state index contributed by atoms with van der Waals surface area (Å²) in [6.07, 6.45) is -1.58. The molecule has 0 spiro atoms. The summed E-state index contributed by atoms with van der Waals surface area (Å²) < 4.78 is 64.9. The van der Waals surface area contributed by atoms with E-state index in [4.69, 9.17) is 4.74 Å². The van der Waals surface area contributed by atoms with Crippen LogP contribution in [0, 0.1) is 17.7 Å². The molecule has 1 aromatic carbocycles. The molecule has 1 aromatic rings. The smallest absolute Gasteiger partial charge is 0.414 e. The van der Waals surface area contributed by atoms with E-state index in [1.165, 1.54) is 11.0 Å². The lowest BCUT2D eigenvalue weighted by Gasteiger charge is -2.29. The molecule has 4 rings (SSSR count). The van der Waals surface area contributed by atoms with Gasteiger partial charge >= 0.3 is 12.0 Å². The molecule has 160 valence electrons. The fraction of sp³-hybridized carbons (Fsp3) is 0.556. The second-order valence-corrected chi connectivity index (χ2v) is 10.2. The van der Waals surface area contributed by atoms with Crippen molar-refractivity contribution < 1.29 is 36.6 Å². The third kappa shape index (κ3) is 3.90. The number of carbonyl (C=O) groups is 2. The minimum absolute atomic E-state index is 0.0111. The van der Waals surface area contributed by atoms with Gasteiger partial charge in [0.1, 0.15) is 11.9 Å². The van der Waals surface area contributed by atoms with Crippen LogP contribution in [0.25, 0.3) is 0 Å². The highest BCUT2D eigenvalue weighted by molar-refractivity contribution is 8.24. The van der Waals surface area contributed by atoms with E-state index < -0.39 is 40.4 Å². The molecule has 3 aliphatic rings. The average molecular weight is 434 g/mol. The minimum Gasteiger partial charge on any atom is -0.442 e. The summed E-state index contributed by atoms with van der Waals surface area (Å²) in [5.41, 5.74) is 0.751. The first-order chi connectivity index (χ1) is 13.5. The summed E-state index contributed by atoms with van der Waals surface area (Å²) >= 11 is 0. The molecule has 3 N–H and O–H groups in total. The van der Waals surface area contributed by atoms with Crippen molar-refractivity contribution in [2.24, 2.45) is 11.8 Å². The lowest BCUT2D eigenvalue weighted by Crippen LogP contribution is -2.42. The van der Waals surface area contributed by atoms with Gasteiger partial charge in [-0.2, -0.15) is 19.4 Å². The van der Waals surface area contributed by atoms with Gasteiger partial charge in [-0.1, -0.05) is 6.07 Å². The molecule has 3 fully saturated rings. The standard InChI is InChI=1S/C18H21F3N2O5S/c1-18(20,21)16(24)22-5-10-6-23(17(25)28-10)9-2-3-11(14(19)4-9)15-12-7-29(26,27)8-13(12)15/h2-4,10,12-13,15,26-27H,5-8H2,1H3,(H,22,24)/t10-,12-,13+,15?/m0/s1. The van der Waals surface area contributed by atoms with Crippen LogP contribution in [0.2, 0.25) is 0 Å². The Kier molecular flexibility index (Phi) is 4.74. The van der Waals surface area contributed by atoms with Crippen LogP contribution in [0.1, 0.15) is 18.4 Å². The quantitative estimate of drug-likeness (QED) is 0.662. The molecule has 7 nitrogen and oxygen atoms in total. The van der Waals surface area contributed by atoms with Crippen LogP contribution in [-0.4, -0.2) is 57.7 Å². The first-order valence-corrected chi connectivity index (χ1v) is 11.0. The molecular formula is C18H21F3N2O5S. The SMILES string of the molecule is CC(F)(F)C(=O)NC[C@H]1CN(c2ccc(C3[C@H]4CS(O)(O)C[C@@H]34)c(F)c2)C(=O)O1. The lowest BCUT2D eigenvalue weighted by molar-refractivity contribution is -0.143. The highest BCUT2D eigenvalue weighted by Gasteiger charge is 2.59. The summed E-state index contributed by atoms with van der Waals surface area (Å²) in [7, 11) is -2.52. The average Bonchev–Trinajstić information content (AvgIpc) is 2.95. The van der Waals surface area contributed by atoms with Crippen LogP contribution in [0.3, 0.4) is 0 Å². The molecule has 2 aliphatic heterocycles. The number of nitrogens with zero attached hydrogens (tertiary/aromatic N) is 1. The molecule has 0 bridgehead atoms. The highest BCUT2D eigenvalue weighted by atomic mass is 32.3. The Balaban J connectivity index is 1.39. The van der Waals surface area contributed by atoms with Crippen molar-refractivity contribution in [1.82, 2.24) is 5.32 Å². The number of cyclic esters (lactones) is 1. The molecule has 0 aromatic heterocycles. The van der Waals surface area contributed by atoms with Gasteiger partial charge in [0.15, 0.2) is 0 Å². The van der Waals surface area contributed by atoms with E-state index in [2.05, 4.69) is 0 Å². The zero-order valence-corrected chi connectivity index (χ0v) is 16.3. The summed E-state index contributed by atoms with van der Waals surface area (Å²) in [5, 5.41) is 2.02. The van der Waals surface area contributed by atoms with Crippen molar-refractivity contribution in [1.29, 1.82) is 0 Å². The van der Waals surface area contributed by atoms with Crippen LogP contribution < -0.4 is 10.2 Å². The second-order valence-electron chi connectivity index (χ2n) is 7.91. The van der Waals surface area contributed by atoms with Crippen LogP contribution in [-0.2, 0) is 9.53 Å². The Labute approximate surface area is 166 Å². The Morgan fingerprint density at radius 2 is 2.00 bits per heavy atom. The molecule has 2 saturated heterocycles. The van der Waals surface area contributed by atoms with Crippen LogP contribution in [0.15, 0.2) is 18.2 Å². The minimum atomic E-state index is -3.53. The maximum atomic E-state index is 14.7. The van der Waals surface area contributed by atoms with Gasteiger partial charge in [-0.25, -0.2) is 9.18 Å². The largest absolute Gasteiger partial charge is 0.442 e. The zero-order valence-electron chi connectivity index (χ0n) is 15.5. The number of hydrogen-bond donors (Lipinski definition) is 3. The summed E-state index contributed by atoms with van der Waals surface area (Å²) in [6, 6.07) is 4.37. The molecule has 1 aliphatic carbocycles. The molecule has 29 heavy (non-hydrogen) atoms. The number of amides is 2. The Morgan fingerprint density at radius 3 is 2.59 bits per heavy atom.